The number of carbonyl (C=O) groups is 1. The quantitative estimate of drug-likeness (QED) is 0.821. The van der Waals surface area contributed by atoms with Gasteiger partial charge in [-0.3, -0.25) is 4.79 Å². The molecule has 0 radical (unpaired) electrons. The van der Waals surface area contributed by atoms with Gasteiger partial charge in [-0.25, -0.2) is 0 Å². The molecule has 1 aromatic heterocycles. The summed E-state index contributed by atoms with van der Waals surface area (Å²) in [6, 6.07) is 10.8. The molecule has 2 aliphatic heterocycles. The minimum atomic E-state index is 0.229. The van der Waals surface area contributed by atoms with Gasteiger partial charge in [0.2, 0.25) is 0 Å². The third-order valence-corrected chi connectivity index (χ3v) is 6.60. The minimum Gasteiger partial charge on any atom is -0.371 e. The number of fused-ring (bicyclic) bond motifs is 1. The topological polar surface area (TPSA) is 23.6 Å². The molecule has 132 valence electrons. The Hall–Kier alpha value is -1.81. The first-order valence-corrected chi connectivity index (χ1v) is 10.1. The lowest BCUT2D eigenvalue weighted by atomic mass is 9.95. The van der Waals surface area contributed by atoms with Gasteiger partial charge in [-0.15, -0.1) is 11.3 Å². The highest BCUT2D eigenvalue weighted by molar-refractivity contribution is 7.12. The molecular formula is C21H26N2OS. The zero-order valence-corrected chi connectivity index (χ0v) is 15.9. The Balaban J connectivity index is 1.35. The average molecular weight is 355 g/mol. The predicted molar refractivity (Wildman–Crippen MR) is 105 cm³/mol. The van der Waals surface area contributed by atoms with Crippen molar-refractivity contribution in [2.75, 3.05) is 31.1 Å². The van der Waals surface area contributed by atoms with Crippen LogP contribution in [0.5, 0.6) is 0 Å². The van der Waals surface area contributed by atoms with E-state index in [1.54, 1.807) is 11.3 Å². The monoisotopic (exact) mass is 354 g/mol. The third-order valence-electron chi connectivity index (χ3n) is 5.64. The summed E-state index contributed by atoms with van der Waals surface area (Å²) < 4.78 is 0. The van der Waals surface area contributed by atoms with E-state index in [4.69, 9.17) is 0 Å². The Morgan fingerprint density at radius 2 is 1.92 bits per heavy atom. The van der Waals surface area contributed by atoms with Gasteiger partial charge in [0, 0.05) is 41.6 Å². The number of carbonyl (C=O) groups excluding carboxylic acids is 1. The maximum absolute atomic E-state index is 12.8. The van der Waals surface area contributed by atoms with E-state index in [1.807, 2.05) is 0 Å². The predicted octanol–water partition coefficient (Wildman–Crippen LogP) is 4.28. The number of hydrogen-bond donors (Lipinski definition) is 0. The second kappa shape index (κ2) is 6.83. The maximum atomic E-state index is 12.8. The molecule has 1 amide bonds. The molecule has 0 N–H and O–H groups in total. The second-order valence-electron chi connectivity index (χ2n) is 7.39. The van der Waals surface area contributed by atoms with E-state index in [2.05, 4.69) is 54.0 Å². The molecule has 4 heteroatoms. The van der Waals surface area contributed by atoms with Crippen LogP contribution in [-0.4, -0.2) is 37.0 Å². The van der Waals surface area contributed by atoms with Crippen LogP contribution in [-0.2, 0) is 6.42 Å². The standard InChI is InChI=1S/C21H26N2OS/c1-15-13-19(16(2)25-15)21(24)22-10-7-17(8-11-22)14-23-12-9-18-5-3-4-6-20(18)23/h3-6,13,17H,7-12,14H2,1-2H3. The molecule has 3 nitrogen and oxygen atoms in total. The Morgan fingerprint density at radius 1 is 1.16 bits per heavy atom. The summed E-state index contributed by atoms with van der Waals surface area (Å²) in [5.41, 5.74) is 3.82. The first-order valence-electron chi connectivity index (χ1n) is 9.31. The maximum Gasteiger partial charge on any atom is 0.254 e. The van der Waals surface area contributed by atoms with Gasteiger partial charge in [0.1, 0.15) is 0 Å². The third kappa shape index (κ3) is 3.32. The zero-order valence-electron chi connectivity index (χ0n) is 15.1. The number of aryl methyl sites for hydroxylation is 2. The lowest BCUT2D eigenvalue weighted by Crippen LogP contribution is -2.41. The van der Waals surface area contributed by atoms with E-state index in [0.717, 1.165) is 49.5 Å². The highest BCUT2D eigenvalue weighted by Crippen LogP contribution is 2.30. The molecule has 0 saturated carbocycles. The molecule has 0 spiro atoms. The van der Waals surface area contributed by atoms with Crippen molar-refractivity contribution in [1.29, 1.82) is 0 Å². The number of amides is 1. The van der Waals surface area contributed by atoms with Gasteiger partial charge in [-0.05, 0) is 56.7 Å². The summed E-state index contributed by atoms with van der Waals surface area (Å²) in [5, 5.41) is 0. The van der Waals surface area contributed by atoms with Crippen LogP contribution in [0.15, 0.2) is 30.3 Å². The summed E-state index contributed by atoms with van der Waals surface area (Å²) >= 11 is 1.72. The summed E-state index contributed by atoms with van der Waals surface area (Å²) in [5.74, 6) is 0.923. The van der Waals surface area contributed by atoms with Gasteiger partial charge in [0.25, 0.3) is 5.91 Å². The number of rotatable bonds is 3. The first-order chi connectivity index (χ1) is 12.1. The summed E-state index contributed by atoms with van der Waals surface area (Å²) in [4.78, 5) is 19.8. The average Bonchev–Trinajstić information content (AvgIpc) is 3.18. The molecule has 2 aromatic rings. The Morgan fingerprint density at radius 3 is 2.64 bits per heavy atom. The molecular weight excluding hydrogens is 328 g/mol. The first kappa shape index (κ1) is 16.6. The number of thiophene rings is 1. The summed E-state index contributed by atoms with van der Waals surface area (Å²) in [6.45, 7) is 8.21. The van der Waals surface area contributed by atoms with E-state index in [-0.39, 0.29) is 5.91 Å². The van der Waals surface area contributed by atoms with Crippen LogP contribution in [0.2, 0.25) is 0 Å². The van der Waals surface area contributed by atoms with Gasteiger partial charge in [0.05, 0.1) is 5.56 Å². The number of nitrogens with zero attached hydrogens (tertiary/aromatic N) is 2. The summed E-state index contributed by atoms with van der Waals surface area (Å²) in [7, 11) is 0. The van der Waals surface area contributed by atoms with Crippen LogP contribution in [0.25, 0.3) is 0 Å². The number of likely N-dealkylation sites (tertiary alicyclic amines) is 1. The summed E-state index contributed by atoms with van der Waals surface area (Å²) in [6.07, 6.45) is 3.41. The SMILES string of the molecule is Cc1cc(C(=O)N2CCC(CN3CCc4ccccc43)CC2)c(C)s1. The fourth-order valence-corrected chi connectivity index (χ4v) is 5.16. The molecule has 3 heterocycles. The molecule has 0 bridgehead atoms. The van der Waals surface area contributed by atoms with Crippen molar-refractivity contribution >= 4 is 22.9 Å². The smallest absolute Gasteiger partial charge is 0.254 e. The number of piperidine rings is 1. The van der Waals surface area contributed by atoms with Crippen molar-refractivity contribution in [3.05, 3.63) is 51.2 Å². The van der Waals surface area contributed by atoms with Gasteiger partial charge in [-0.1, -0.05) is 18.2 Å². The van der Waals surface area contributed by atoms with Crippen LogP contribution in [0.3, 0.4) is 0 Å². The molecule has 0 atom stereocenters. The molecule has 0 unspecified atom stereocenters. The van der Waals surface area contributed by atoms with E-state index in [9.17, 15) is 4.79 Å². The van der Waals surface area contributed by atoms with Crippen LogP contribution >= 0.6 is 11.3 Å². The number of hydrogen-bond acceptors (Lipinski definition) is 3. The van der Waals surface area contributed by atoms with E-state index >= 15 is 0 Å². The van der Waals surface area contributed by atoms with Gasteiger partial charge < -0.3 is 9.80 Å². The van der Waals surface area contributed by atoms with Crippen molar-refractivity contribution < 1.29 is 4.79 Å². The van der Waals surface area contributed by atoms with Gasteiger partial charge >= 0.3 is 0 Å². The Kier molecular flexibility index (Phi) is 4.55. The highest BCUT2D eigenvalue weighted by atomic mass is 32.1. The van der Waals surface area contributed by atoms with Crippen molar-refractivity contribution in [2.45, 2.75) is 33.1 Å². The van der Waals surface area contributed by atoms with Gasteiger partial charge in [0.15, 0.2) is 0 Å². The van der Waals surface area contributed by atoms with Crippen molar-refractivity contribution in [1.82, 2.24) is 4.90 Å². The van der Waals surface area contributed by atoms with E-state index < -0.39 is 0 Å². The number of benzene rings is 1. The van der Waals surface area contributed by atoms with Crippen molar-refractivity contribution in [3.8, 4) is 0 Å². The number of para-hydroxylation sites is 1. The molecule has 1 saturated heterocycles. The molecule has 25 heavy (non-hydrogen) atoms. The fraction of sp³-hybridized carbons (Fsp3) is 0.476. The van der Waals surface area contributed by atoms with Crippen molar-refractivity contribution in [3.63, 3.8) is 0 Å². The molecule has 1 aromatic carbocycles. The molecule has 1 fully saturated rings. The van der Waals surface area contributed by atoms with Crippen LogP contribution in [0, 0.1) is 19.8 Å². The van der Waals surface area contributed by atoms with E-state index in [1.165, 1.54) is 22.5 Å². The zero-order chi connectivity index (χ0) is 17.4. The largest absolute Gasteiger partial charge is 0.371 e. The lowest BCUT2D eigenvalue weighted by molar-refractivity contribution is 0.0693. The van der Waals surface area contributed by atoms with Crippen LogP contribution in [0.4, 0.5) is 5.69 Å². The lowest BCUT2D eigenvalue weighted by Gasteiger charge is -2.34. The van der Waals surface area contributed by atoms with Crippen LogP contribution < -0.4 is 4.90 Å². The number of anilines is 1. The Labute approximate surface area is 154 Å². The second-order valence-corrected chi connectivity index (χ2v) is 8.85. The molecule has 0 aliphatic carbocycles. The highest BCUT2D eigenvalue weighted by Gasteiger charge is 2.28. The minimum absolute atomic E-state index is 0.229. The molecule has 2 aliphatic rings. The Bertz CT molecular complexity index is 774. The van der Waals surface area contributed by atoms with Gasteiger partial charge in [-0.2, -0.15) is 0 Å². The fourth-order valence-electron chi connectivity index (χ4n) is 4.24. The van der Waals surface area contributed by atoms with Crippen LogP contribution in [0.1, 0.15) is 38.5 Å². The van der Waals surface area contributed by atoms with E-state index in [0.29, 0.717) is 5.92 Å². The molecule has 4 rings (SSSR count). The van der Waals surface area contributed by atoms with Crippen molar-refractivity contribution in [2.24, 2.45) is 5.92 Å². The normalized spacial score (nSPS) is 17.8.